The minimum absolute atomic E-state index is 0.121. The normalized spacial score (nSPS) is 16.3. The maximum atomic E-state index is 14.9. The molecule has 1 saturated heterocycles. The van der Waals surface area contributed by atoms with Crippen LogP contribution >= 0.6 is 0 Å². The summed E-state index contributed by atoms with van der Waals surface area (Å²) < 4.78 is 33.1. The maximum absolute atomic E-state index is 14.9. The molecule has 12 nitrogen and oxygen atoms in total. The first-order valence-corrected chi connectivity index (χ1v) is 20.8. The lowest BCUT2D eigenvalue weighted by Crippen LogP contribution is -2.52. The molecule has 2 N–H and O–H groups in total. The number of aromatic nitrogens is 3. The summed E-state index contributed by atoms with van der Waals surface area (Å²) in [5, 5.41) is 5.25. The number of nitrogens with one attached hydrogen (secondary N) is 2. The predicted molar refractivity (Wildman–Crippen MR) is 231 cm³/mol. The number of nitrogens with zero attached hydrogens (tertiary/aromatic N) is 5. The molecule has 4 amide bonds. The SMILES string of the molecule is CC(C)c1cc(N2CCCc3cc(-c4ccc(C(=O)NCc5cccc(-c6cccc7c6CN(C6CCC(=O)NC6=O)C7=O)c5)nc4)c(C(F)F)cc32)cc2c1n(C)c(=O)n2C. The molecular formula is C48H45F2N7O5. The van der Waals surface area contributed by atoms with Gasteiger partial charge >= 0.3 is 5.69 Å². The molecule has 0 bridgehead atoms. The van der Waals surface area contributed by atoms with E-state index >= 15 is 0 Å². The van der Waals surface area contributed by atoms with E-state index < -0.39 is 24.3 Å². The van der Waals surface area contributed by atoms with Crippen molar-refractivity contribution in [3.05, 3.63) is 135 Å². The minimum atomic E-state index is -2.77. The number of benzene rings is 4. The van der Waals surface area contributed by atoms with E-state index in [1.54, 1.807) is 47.5 Å². The van der Waals surface area contributed by atoms with Crippen molar-refractivity contribution < 1.29 is 28.0 Å². The Balaban J connectivity index is 0.925. The van der Waals surface area contributed by atoms with Crippen LogP contribution in [0.2, 0.25) is 0 Å². The number of rotatable bonds is 9. The molecule has 316 valence electrons. The van der Waals surface area contributed by atoms with Crippen LogP contribution in [0.3, 0.4) is 0 Å². The van der Waals surface area contributed by atoms with Crippen molar-refractivity contribution in [3.8, 4) is 22.3 Å². The molecule has 0 saturated carbocycles. The second-order valence-electron chi connectivity index (χ2n) is 16.6. The number of anilines is 2. The summed E-state index contributed by atoms with van der Waals surface area (Å²) in [5.74, 6) is -1.38. The number of pyridine rings is 1. The molecule has 1 fully saturated rings. The topological polar surface area (TPSA) is 139 Å². The van der Waals surface area contributed by atoms with Crippen molar-refractivity contribution in [2.24, 2.45) is 14.1 Å². The Kier molecular flexibility index (Phi) is 10.3. The van der Waals surface area contributed by atoms with Crippen molar-refractivity contribution >= 4 is 46.0 Å². The number of carbonyl (C=O) groups excluding carboxylic acids is 4. The lowest BCUT2D eigenvalue weighted by Gasteiger charge is -2.33. The molecule has 2 aromatic heterocycles. The van der Waals surface area contributed by atoms with Crippen molar-refractivity contribution in [2.45, 2.75) is 71.0 Å². The van der Waals surface area contributed by atoms with Crippen LogP contribution in [0.25, 0.3) is 33.3 Å². The highest BCUT2D eigenvalue weighted by Crippen LogP contribution is 2.43. The number of piperidine rings is 1. The lowest BCUT2D eigenvalue weighted by molar-refractivity contribution is -0.136. The number of amides is 4. The summed E-state index contributed by atoms with van der Waals surface area (Å²) >= 11 is 0. The van der Waals surface area contributed by atoms with E-state index in [0.717, 1.165) is 56.5 Å². The lowest BCUT2D eigenvalue weighted by atomic mass is 9.91. The van der Waals surface area contributed by atoms with E-state index in [4.69, 9.17) is 0 Å². The Morgan fingerprint density at radius 3 is 2.40 bits per heavy atom. The molecule has 9 rings (SSSR count). The number of alkyl halides is 2. The van der Waals surface area contributed by atoms with Gasteiger partial charge in [0.15, 0.2) is 0 Å². The molecule has 0 radical (unpaired) electrons. The number of hydrogen-bond donors (Lipinski definition) is 2. The summed E-state index contributed by atoms with van der Waals surface area (Å²) in [6.45, 7) is 5.20. The average molecular weight is 838 g/mol. The molecule has 1 unspecified atom stereocenters. The van der Waals surface area contributed by atoms with Gasteiger partial charge < -0.3 is 15.1 Å². The zero-order valence-corrected chi connectivity index (χ0v) is 34.8. The van der Waals surface area contributed by atoms with Gasteiger partial charge in [0, 0.05) is 74.4 Å². The summed E-state index contributed by atoms with van der Waals surface area (Å²) in [4.78, 5) is 72.0. The van der Waals surface area contributed by atoms with Crippen LogP contribution in [0.4, 0.5) is 20.2 Å². The smallest absolute Gasteiger partial charge is 0.328 e. The van der Waals surface area contributed by atoms with Crippen molar-refractivity contribution in [1.29, 1.82) is 0 Å². The number of imidazole rings is 1. The summed E-state index contributed by atoms with van der Waals surface area (Å²) in [7, 11) is 3.51. The zero-order chi connectivity index (χ0) is 43.6. The Labute approximate surface area is 356 Å². The first kappa shape index (κ1) is 40.4. The van der Waals surface area contributed by atoms with Gasteiger partial charge in [-0.05, 0) is 107 Å². The fourth-order valence-electron chi connectivity index (χ4n) is 9.28. The molecular weight excluding hydrogens is 793 g/mol. The number of hydrogen-bond acceptors (Lipinski definition) is 7. The van der Waals surface area contributed by atoms with Crippen LogP contribution in [0.15, 0.2) is 89.9 Å². The first-order valence-electron chi connectivity index (χ1n) is 20.8. The van der Waals surface area contributed by atoms with E-state index in [1.165, 1.54) is 17.2 Å². The fourth-order valence-corrected chi connectivity index (χ4v) is 9.28. The monoisotopic (exact) mass is 837 g/mol. The first-order chi connectivity index (χ1) is 29.8. The third-order valence-corrected chi connectivity index (χ3v) is 12.5. The number of aryl methyl sites for hydroxylation is 3. The molecule has 3 aliphatic rings. The van der Waals surface area contributed by atoms with Crippen LogP contribution in [0, 0.1) is 0 Å². The molecule has 0 aliphatic carbocycles. The standard InChI is InChI=1S/C48H45F2N7O5/c1-26(2)34-20-31(21-41-43(34)55(4)48(62)54(41)3)56-17-7-10-29-19-35(36(44(49)50)22-40(29)56)30-13-14-38(51-24-30)45(59)52-23-27-8-5-9-28(18-27)32-11-6-12-33-37(32)25-57(47(33)61)39-15-16-42(58)53-46(39)60/h5-6,8-9,11-14,18-22,24,26,39,44H,7,10,15-17,23,25H2,1-4H3,(H,52,59)(H,53,58,60). The van der Waals surface area contributed by atoms with Crippen LogP contribution in [0.1, 0.15) is 94.1 Å². The predicted octanol–water partition coefficient (Wildman–Crippen LogP) is 7.44. The summed E-state index contributed by atoms with van der Waals surface area (Å²) in [6.07, 6.45) is 0.631. The van der Waals surface area contributed by atoms with Gasteiger partial charge in [-0.3, -0.25) is 38.6 Å². The second kappa shape index (κ2) is 15.8. The van der Waals surface area contributed by atoms with E-state index in [-0.39, 0.29) is 60.6 Å². The zero-order valence-electron chi connectivity index (χ0n) is 34.8. The van der Waals surface area contributed by atoms with E-state index in [0.29, 0.717) is 35.3 Å². The Bertz CT molecular complexity index is 2900. The van der Waals surface area contributed by atoms with Gasteiger partial charge in [-0.25, -0.2) is 13.6 Å². The van der Waals surface area contributed by atoms with Crippen molar-refractivity contribution in [1.82, 2.24) is 29.7 Å². The highest BCUT2D eigenvalue weighted by molar-refractivity contribution is 6.06. The van der Waals surface area contributed by atoms with Gasteiger partial charge in [-0.1, -0.05) is 50.2 Å². The van der Waals surface area contributed by atoms with Gasteiger partial charge in [0.25, 0.3) is 18.2 Å². The Hall–Kier alpha value is -6.96. The Morgan fingerprint density at radius 1 is 0.871 bits per heavy atom. The number of fused-ring (bicyclic) bond motifs is 3. The average Bonchev–Trinajstić information content (AvgIpc) is 3.72. The largest absolute Gasteiger partial charge is 0.347 e. The Morgan fingerprint density at radius 2 is 1.66 bits per heavy atom. The second-order valence-corrected chi connectivity index (χ2v) is 16.6. The van der Waals surface area contributed by atoms with Gasteiger partial charge in [0.05, 0.1) is 11.0 Å². The highest BCUT2D eigenvalue weighted by atomic mass is 19.3. The van der Waals surface area contributed by atoms with Gasteiger partial charge in [-0.15, -0.1) is 0 Å². The van der Waals surface area contributed by atoms with Crippen LogP contribution in [-0.2, 0) is 43.2 Å². The van der Waals surface area contributed by atoms with E-state index in [2.05, 4.69) is 40.4 Å². The third-order valence-electron chi connectivity index (χ3n) is 12.5. The van der Waals surface area contributed by atoms with Crippen LogP contribution in [0.5, 0.6) is 0 Å². The minimum Gasteiger partial charge on any atom is -0.347 e. The molecule has 3 aliphatic heterocycles. The molecule has 14 heteroatoms. The summed E-state index contributed by atoms with van der Waals surface area (Å²) in [6, 6.07) is 22.9. The van der Waals surface area contributed by atoms with Crippen molar-refractivity contribution in [2.75, 3.05) is 11.4 Å². The van der Waals surface area contributed by atoms with Gasteiger partial charge in [0.1, 0.15) is 11.7 Å². The van der Waals surface area contributed by atoms with Gasteiger partial charge in [0.2, 0.25) is 11.8 Å². The van der Waals surface area contributed by atoms with Crippen LogP contribution < -0.4 is 21.2 Å². The molecule has 62 heavy (non-hydrogen) atoms. The fraction of sp³-hybridized carbons (Fsp3) is 0.292. The number of imide groups is 1. The number of carbonyl (C=O) groups is 4. The molecule has 4 aromatic carbocycles. The number of halogens is 2. The van der Waals surface area contributed by atoms with Crippen molar-refractivity contribution in [3.63, 3.8) is 0 Å². The van der Waals surface area contributed by atoms with Gasteiger partial charge in [-0.2, -0.15) is 0 Å². The molecule has 0 spiro atoms. The molecule has 6 aromatic rings. The third kappa shape index (κ3) is 7.02. The van der Waals surface area contributed by atoms with Crippen LogP contribution in [-0.4, -0.2) is 55.2 Å². The summed E-state index contributed by atoms with van der Waals surface area (Å²) in [5.41, 5.74) is 9.60. The highest BCUT2D eigenvalue weighted by Gasteiger charge is 2.40. The molecule has 5 heterocycles. The quantitative estimate of drug-likeness (QED) is 0.144. The maximum Gasteiger partial charge on any atom is 0.328 e. The van der Waals surface area contributed by atoms with E-state index in [1.807, 2.05) is 42.5 Å². The molecule has 1 atom stereocenters. The van der Waals surface area contributed by atoms with E-state index in [9.17, 15) is 32.8 Å².